The van der Waals surface area contributed by atoms with E-state index in [1.807, 2.05) is 38.1 Å². The summed E-state index contributed by atoms with van der Waals surface area (Å²) in [5.41, 5.74) is 7.28. The van der Waals surface area contributed by atoms with Crippen LogP contribution in [0.4, 0.5) is 5.69 Å². The molecule has 19 heavy (non-hydrogen) atoms. The molecule has 2 N–H and O–H groups in total. The van der Waals surface area contributed by atoms with Crippen molar-refractivity contribution in [1.29, 1.82) is 0 Å². The van der Waals surface area contributed by atoms with Gasteiger partial charge < -0.3 is 15.4 Å². The minimum absolute atomic E-state index is 0.0465. The number of benzene rings is 1. The number of likely N-dealkylation sites (N-methyl/N-ethyl adjacent to an activating group) is 1. The Bertz CT molecular complexity index is 442. The van der Waals surface area contributed by atoms with Gasteiger partial charge in [0.05, 0.1) is 12.7 Å². The minimum Gasteiger partial charge on any atom is -0.399 e. The van der Waals surface area contributed by atoms with Crippen LogP contribution in [0.3, 0.4) is 0 Å². The Morgan fingerprint density at radius 3 is 2.84 bits per heavy atom. The van der Waals surface area contributed by atoms with E-state index in [0.717, 1.165) is 5.56 Å². The monoisotopic (exact) mass is 262 g/mol. The lowest BCUT2D eigenvalue weighted by molar-refractivity contribution is -0.125. The van der Waals surface area contributed by atoms with Crippen LogP contribution in [0.15, 0.2) is 30.3 Å². The Balaban J connectivity index is 2.45. The fourth-order valence-corrected chi connectivity index (χ4v) is 1.49. The fourth-order valence-electron chi connectivity index (χ4n) is 1.49. The molecule has 1 rings (SSSR count). The van der Waals surface area contributed by atoms with Crippen molar-refractivity contribution < 1.29 is 9.53 Å². The molecule has 1 aromatic carbocycles. The first-order chi connectivity index (χ1) is 8.99. The molecule has 0 spiro atoms. The molecule has 0 saturated heterocycles. The Labute approximate surface area is 114 Å². The Hall–Kier alpha value is -1.81. The molecule has 1 aromatic rings. The van der Waals surface area contributed by atoms with Crippen molar-refractivity contribution in [3.05, 3.63) is 35.9 Å². The Kier molecular flexibility index (Phi) is 6.09. The molecule has 0 aliphatic rings. The number of amides is 1. The highest BCUT2D eigenvalue weighted by atomic mass is 16.5. The fraction of sp³-hybridized carbons (Fsp3) is 0.400. The molecule has 0 aromatic heterocycles. The number of rotatable bonds is 6. The van der Waals surface area contributed by atoms with E-state index >= 15 is 0 Å². The van der Waals surface area contributed by atoms with Gasteiger partial charge in [-0.25, -0.2) is 0 Å². The van der Waals surface area contributed by atoms with Gasteiger partial charge in [-0.15, -0.1) is 0 Å². The van der Waals surface area contributed by atoms with Gasteiger partial charge in [0.25, 0.3) is 0 Å². The van der Waals surface area contributed by atoms with Crippen LogP contribution >= 0.6 is 0 Å². The summed E-state index contributed by atoms with van der Waals surface area (Å²) < 4.78 is 5.41. The summed E-state index contributed by atoms with van der Waals surface area (Å²) in [6, 6.07) is 7.40. The van der Waals surface area contributed by atoms with Crippen molar-refractivity contribution in [2.75, 3.05) is 25.9 Å². The van der Waals surface area contributed by atoms with E-state index in [1.54, 1.807) is 24.1 Å². The van der Waals surface area contributed by atoms with Gasteiger partial charge in [-0.3, -0.25) is 4.79 Å². The minimum atomic E-state index is -0.0465. The molecule has 4 heteroatoms. The van der Waals surface area contributed by atoms with Crippen molar-refractivity contribution in [2.24, 2.45) is 0 Å². The number of hydrogen-bond donors (Lipinski definition) is 1. The molecular formula is C15H22N2O2. The number of nitrogens with two attached hydrogens (primary N) is 1. The standard InChI is InChI=1S/C15H22N2O2/c1-12(2)19-10-9-17(3)15(18)8-7-13-5-4-6-14(16)11-13/h4-8,11-12H,9-10,16H2,1-3H3/b8-7+. The lowest BCUT2D eigenvalue weighted by Gasteiger charge is -2.16. The average Bonchev–Trinajstić information content (AvgIpc) is 2.35. The highest BCUT2D eigenvalue weighted by molar-refractivity contribution is 5.91. The molecular weight excluding hydrogens is 240 g/mol. The number of nitrogens with zero attached hydrogens (tertiary/aromatic N) is 1. The van der Waals surface area contributed by atoms with Gasteiger partial charge in [0.1, 0.15) is 0 Å². The molecule has 1 amide bonds. The predicted molar refractivity (Wildman–Crippen MR) is 78.6 cm³/mol. The molecule has 0 heterocycles. The molecule has 0 atom stereocenters. The molecule has 0 unspecified atom stereocenters. The van der Waals surface area contributed by atoms with Crippen molar-refractivity contribution in [3.8, 4) is 0 Å². The molecule has 4 nitrogen and oxygen atoms in total. The second-order valence-electron chi connectivity index (χ2n) is 4.68. The van der Waals surface area contributed by atoms with Crippen molar-refractivity contribution in [1.82, 2.24) is 4.90 Å². The summed E-state index contributed by atoms with van der Waals surface area (Å²) in [5.74, 6) is -0.0465. The van der Waals surface area contributed by atoms with E-state index < -0.39 is 0 Å². The summed E-state index contributed by atoms with van der Waals surface area (Å²) in [6.07, 6.45) is 3.49. The van der Waals surface area contributed by atoms with E-state index in [1.165, 1.54) is 0 Å². The number of nitrogen functional groups attached to an aromatic ring is 1. The van der Waals surface area contributed by atoms with Crippen LogP contribution in [0.25, 0.3) is 6.08 Å². The Morgan fingerprint density at radius 1 is 1.47 bits per heavy atom. The third-order valence-electron chi connectivity index (χ3n) is 2.58. The largest absolute Gasteiger partial charge is 0.399 e. The van der Waals surface area contributed by atoms with E-state index in [9.17, 15) is 4.79 Å². The molecule has 0 fully saturated rings. The number of ether oxygens (including phenoxy) is 1. The molecule has 0 aliphatic carbocycles. The first-order valence-electron chi connectivity index (χ1n) is 6.39. The maximum Gasteiger partial charge on any atom is 0.246 e. The smallest absolute Gasteiger partial charge is 0.246 e. The van der Waals surface area contributed by atoms with Gasteiger partial charge in [-0.05, 0) is 37.6 Å². The number of carbonyl (C=O) groups excluding carboxylic acids is 1. The van der Waals surface area contributed by atoms with E-state index in [0.29, 0.717) is 18.8 Å². The maximum atomic E-state index is 11.8. The highest BCUT2D eigenvalue weighted by Gasteiger charge is 2.04. The van der Waals surface area contributed by atoms with Crippen LogP contribution in [0.2, 0.25) is 0 Å². The zero-order valence-corrected chi connectivity index (χ0v) is 11.8. The maximum absolute atomic E-state index is 11.8. The normalized spacial score (nSPS) is 11.2. The van der Waals surface area contributed by atoms with Crippen LogP contribution in [0.1, 0.15) is 19.4 Å². The van der Waals surface area contributed by atoms with Crippen LogP contribution in [-0.2, 0) is 9.53 Å². The van der Waals surface area contributed by atoms with E-state index in [4.69, 9.17) is 10.5 Å². The molecule has 104 valence electrons. The zero-order chi connectivity index (χ0) is 14.3. The third-order valence-corrected chi connectivity index (χ3v) is 2.58. The van der Waals surface area contributed by atoms with Crippen LogP contribution < -0.4 is 5.73 Å². The summed E-state index contributed by atoms with van der Waals surface area (Å²) in [6.45, 7) is 5.08. The zero-order valence-electron chi connectivity index (χ0n) is 11.8. The molecule has 0 aliphatic heterocycles. The number of anilines is 1. The van der Waals surface area contributed by atoms with Crippen LogP contribution in [0.5, 0.6) is 0 Å². The SMILES string of the molecule is CC(C)OCCN(C)C(=O)/C=C/c1cccc(N)c1. The van der Waals surface area contributed by atoms with Crippen molar-refractivity contribution >= 4 is 17.7 Å². The molecule has 0 saturated carbocycles. The summed E-state index contributed by atoms with van der Waals surface area (Å²) >= 11 is 0. The van der Waals surface area contributed by atoms with Gasteiger partial charge in [0.2, 0.25) is 5.91 Å². The molecule has 0 bridgehead atoms. The molecule has 0 radical (unpaired) electrons. The van der Waals surface area contributed by atoms with E-state index in [-0.39, 0.29) is 12.0 Å². The van der Waals surface area contributed by atoms with Crippen molar-refractivity contribution in [3.63, 3.8) is 0 Å². The quantitative estimate of drug-likeness (QED) is 0.631. The Morgan fingerprint density at radius 2 is 2.21 bits per heavy atom. The van der Waals surface area contributed by atoms with Gasteiger partial charge in [0.15, 0.2) is 0 Å². The van der Waals surface area contributed by atoms with Crippen molar-refractivity contribution in [2.45, 2.75) is 20.0 Å². The second-order valence-corrected chi connectivity index (χ2v) is 4.68. The first kappa shape index (κ1) is 15.2. The van der Waals surface area contributed by atoms with Gasteiger partial charge in [-0.2, -0.15) is 0 Å². The van der Waals surface area contributed by atoms with Crippen LogP contribution in [-0.4, -0.2) is 37.1 Å². The summed E-state index contributed by atoms with van der Waals surface area (Å²) in [7, 11) is 1.76. The van der Waals surface area contributed by atoms with Gasteiger partial charge in [-0.1, -0.05) is 12.1 Å². The van der Waals surface area contributed by atoms with Crippen LogP contribution in [0, 0.1) is 0 Å². The first-order valence-corrected chi connectivity index (χ1v) is 6.39. The third kappa shape index (κ3) is 6.06. The summed E-state index contributed by atoms with van der Waals surface area (Å²) in [5, 5.41) is 0. The number of carbonyl (C=O) groups is 1. The van der Waals surface area contributed by atoms with Gasteiger partial charge >= 0.3 is 0 Å². The predicted octanol–water partition coefficient (Wildman–Crippen LogP) is 2.17. The second kappa shape index (κ2) is 7.59. The topological polar surface area (TPSA) is 55.6 Å². The van der Waals surface area contributed by atoms with E-state index in [2.05, 4.69) is 0 Å². The van der Waals surface area contributed by atoms with Gasteiger partial charge in [0, 0.05) is 25.4 Å². The number of hydrogen-bond acceptors (Lipinski definition) is 3. The highest BCUT2D eigenvalue weighted by Crippen LogP contribution is 2.08. The summed E-state index contributed by atoms with van der Waals surface area (Å²) in [4.78, 5) is 13.5. The lowest BCUT2D eigenvalue weighted by atomic mass is 10.2. The lowest BCUT2D eigenvalue weighted by Crippen LogP contribution is -2.29. The average molecular weight is 262 g/mol.